The number of nitrogens with zero attached hydrogens (tertiary/aromatic N) is 4. The first-order chi connectivity index (χ1) is 16.1. The van der Waals surface area contributed by atoms with Crippen molar-refractivity contribution in [3.63, 3.8) is 0 Å². The molecule has 1 fully saturated rings. The normalized spacial score (nSPS) is 18.7. The summed E-state index contributed by atoms with van der Waals surface area (Å²) in [7, 11) is 0. The molecule has 0 atom stereocenters. The van der Waals surface area contributed by atoms with Crippen LogP contribution >= 0.6 is 0 Å². The van der Waals surface area contributed by atoms with Gasteiger partial charge in [-0.15, -0.1) is 0 Å². The van der Waals surface area contributed by atoms with E-state index in [2.05, 4.69) is 40.1 Å². The van der Waals surface area contributed by atoms with E-state index in [9.17, 15) is 0 Å². The average molecular weight is 439 g/mol. The van der Waals surface area contributed by atoms with Gasteiger partial charge in [-0.3, -0.25) is 4.98 Å². The van der Waals surface area contributed by atoms with E-state index in [0.29, 0.717) is 11.7 Å². The van der Waals surface area contributed by atoms with Crippen LogP contribution in [0.15, 0.2) is 48.9 Å². The van der Waals surface area contributed by atoms with Crippen LogP contribution in [0.1, 0.15) is 38.2 Å². The van der Waals surface area contributed by atoms with E-state index in [0.717, 1.165) is 63.1 Å². The van der Waals surface area contributed by atoms with E-state index in [1.54, 1.807) is 0 Å². The molecule has 1 aromatic carbocycles. The zero-order valence-corrected chi connectivity index (χ0v) is 18.8. The minimum Gasteiger partial charge on any atom is -0.474 e. The lowest BCUT2D eigenvalue weighted by Gasteiger charge is -2.26. The zero-order valence-electron chi connectivity index (χ0n) is 18.8. The van der Waals surface area contributed by atoms with Gasteiger partial charge in [-0.2, -0.15) is 0 Å². The Hall–Kier alpha value is -3.74. The Labute approximate surface area is 191 Å². The molecule has 0 bridgehead atoms. The molecule has 0 unspecified atom stereocenters. The monoisotopic (exact) mass is 438 g/mol. The van der Waals surface area contributed by atoms with Crippen LogP contribution in [0.4, 0.5) is 0 Å². The smallest absolute Gasteiger partial charge is 0.213 e. The van der Waals surface area contributed by atoms with Crippen LogP contribution in [0.3, 0.4) is 0 Å². The van der Waals surface area contributed by atoms with Crippen LogP contribution in [-0.4, -0.2) is 36.2 Å². The lowest BCUT2D eigenvalue weighted by Crippen LogP contribution is -2.23. The molecule has 0 radical (unpaired) electrons. The van der Waals surface area contributed by atoms with Crippen molar-refractivity contribution in [2.24, 2.45) is 5.92 Å². The van der Waals surface area contributed by atoms with Gasteiger partial charge in [-0.25, -0.2) is 15.0 Å². The molecule has 2 N–H and O–H groups in total. The molecule has 166 valence electrons. The van der Waals surface area contributed by atoms with Gasteiger partial charge in [0.1, 0.15) is 6.10 Å². The van der Waals surface area contributed by atoms with E-state index < -0.39 is 0 Å². The number of hydrogen-bond donors (Lipinski definition) is 2. The molecule has 0 saturated heterocycles. The number of pyridine rings is 2. The number of aryl methyl sites for hydroxylation is 1. The summed E-state index contributed by atoms with van der Waals surface area (Å²) in [4.78, 5) is 18.7. The van der Waals surface area contributed by atoms with E-state index in [4.69, 9.17) is 14.7 Å². The molecule has 1 saturated carbocycles. The second kappa shape index (κ2) is 7.99. The Morgan fingerprint density at radius 3 is 2.52 bits per heavy atom. The number of benzene rings is 1. The maximum atomic E-state index is 6.09. The molecule has 1 aliphatic carbocycles. The summed E-state index contributed by atoms with van der Waals surface area (Å²) >= 11 is 0. The Kier molecular flexibility index (Phi) is 4.82. The molecule has 0 aliphatic heterocycles. The van der Waals surface area contributed by atoms with E-state index in [1.807, 2.05) is 42.9 Å². The van der Waals surface area contributed by atoms with Gasteiger partial charge in [0.15, 0.2) is 5.82 Å². The molecular formula is C26H26N6O. The molecule has 7 nitrogen and oxygen atoms in total. The van der Waals surface area contributed by atoms with Crippen molar-refractivity contribution in [2.75, 3.05) is 0 Å². The highest BCUT2D eigenvalue weighted by Gasteiger charge is 2.20. The van der Waals surface area contributed by atoms with Gasteiger partial charge in [0.25, 0.3) is 0 Å². The van der Waals surface area contributed by atoms with Crippen LogP contribution in [0, 0.1) is 12.8 Å². The Morgan fingerprint density at radius 2 is 1.76 bits per heavy atom. The fourth-order valence-corrected chi connectivity index (χ4v) is 4.63. The number of hydrogen-bond acceptors (Lipinski definition) is 5. The molecule has 5 aromatic rings. The van der Waals surface area contributed by atoms with E-state index in [1.165, 1.54) is 12.8 Å². The van der Waals surface area contributed by atoms with Crippen LogP contribution in [0.2, 0.25) is 0 Å². The molecule has 33 heavy (non-hydrogen) atoms. The van der Waals surface area contributed by atoms with Gasteiger partial charge in [-0.05, 0) is 68.4 Å². The number of fused-ring (bicyclic) bond motifs is 2. The molecule has 6 rings (SSSR count). The minimum absolute atomic E-state index is 0.283. The van der Waals surface area contributed by atoms with Crippen molar-refractivity contribution >= 4 is 21.9 Å². The molecule has 0 amide bonds. The Balaban J connectivity index is 1.23. The highest BCUT2D eigenvalue weighted by molar-refractivity contribution is 5.94. The number of nitrogens with one attached hydrogen (secondary N) is 2. The summed E-state index contributed by atoms with van der Waals surface area (Å²) < 4.78 is 6.09. The summed E-state index contributed by atoms with van der Waals surface area (Å²) in [5.74, 6) is 2.20. The summed E-state index contributed by atoms with van der Waals surface area (Å²) in [6.07, 6.45) is 10.6. The molecule has 0 spiro atoms. The zero-order chi connectivity index (χ0) is 22.4. The first-order valence-electron chi connectivity index (χ1n) is 11.6. The third-order valence-corrected chi connectivity index (χ3v) is 6.67. The first kappa shape index (κ1) is 19.9. The topological polar surface area (TPSA) is 92.4 Å². The van der Waals surface area contributed by atoms with Crippen molar-refractivity contribution in [3.8, 4) is 28.5 Å². The second-order valence-electron chi connectivity index (χ2n) is 9.16. The van der Waals surface area contributed by atoms with E-state index >= 15 is 0 Å². The fourth-order valence-electron chi connectivity index (χ4n) is 4.63. The van der Waals surface area contributed by atoms with Gasteiger partial charge in [0.05, 0.1) is 22.2 Å². The lowest BCUT2D eigenvalue weighted by molar-refractivity contribution is 0.130. The third kappa shape index (κ3) is 3.84. The number of rotatable bonds is 4. The molecule has 7 heteroatoms. The average Bonchev–Trinajstić information content (AvgIpc) is 3.45. The van der Waals surface area contributed by atoms with Crippen molar-refractivity contribution in [1.82, 2.24) is 30.1 Å². The Morgan fingerprint density at radius 1 is 0.939 bits per heavy atom. The summed E-state index contributed by atoms with van der Waals surface area (Å²) in [5.41, 5.74) is 6.60. The standard InChI is InChI=1S/C26H26N6O/c1-15-3-6-19(7-4-15)33-25-8-5-17(12-28-25)21-9-16(2)20(14-27-21)26-30-23-10-18-13-29-32-22(18)11-24(23)31-26/h5,8-15,19,29,32H,3-4,6-7H2,1-2H3. The van der Waals surface area contributed by atoms with Gasteiger partial charge >= 0.3 is 0 Å². The van der Waals surface area contributed by atoms with Crippen molar-refractivity contribution in [2.45, 2.75) is 45.6 Å². The summed E-state index contributed by atoms with van der Waals surface area (Å²) in [6.45, 7) is 4.38. The second-order valence-corrected chi connectivity index (χ2v) is 9.16. The van der Waals surface area contributed by atoms with Crippen molar-refractivity contribution in [3.05, 3.63) is 54.5 Å². The molecule has 4 heterocycles. The summed E-state index contributed by atoms with van der Waals surface area (Å²) in [5, 5.41) is 7.19. The predicted octanol–water partition coefficient (Wildman–Crippen LogP) is 5.83. The predicted molar refractivity (Wildman–Crippen MR) is 129 cm³/mol. The Bertz CT molecular complexity index is 1380. The maximum absolute atomic E-state index is 6.09. The minimum atomic E-state index is 0.283. The number of aromatic nitrogens is 6. The van der Waals surface area contributed by atoms with Crippen LogP contribution < -0.4 is 4.74 Å². The lowest BCUT2D eigenvalue weighted by atomic mass is 9.89. The fraction of sp³-hybridized carbons (Fsp3) is 0.308. The maximum Gasteiger partial charge on any atom is 0.213 e. The van der Waals surface area contributed by atoms with Gasteiger partial charge in [0.2, 0.25) is 5.88 Å². The largest absolute Gasteiger partial charge is 0.474 e. The first-order valence-corrected chi connectivity index (χ1v) is 11.6. The van der Waals surface area contributed by atoms with Gasteiger partial charge < -0.3 is 14.9 Å². The van der Waals surface area contributed by atoms with Crippen LogP contribution in [0.5, 0.6) is 5.88 Å². The summed E-state index contributed by atoms with van der Waals surface area (Å²) in [6, 6.07) is 10.1. The number of aromatic amines is 2. The number of H-pyrrole nitrogens is 2. The van der Waals surface area contributed by atoms with Crippen LogP contribution in [0.25, 0.3) is 44.6 Å². The van der Waals surface area contributed by atoms with Crippen molar-refractivity contribution < 1.29 is 4.74 Å². The van der Waals surface area contributed by atoms with Crippen molar-refractivity contribution in [1.29, 1.82) is 0 Å². The highest BCUT2D eigenvalue weighted by Crippen LogP contribution is 2.29. The molecule has 1 aliphatic rings. The van der Waals surface area contributed by atoms with Crippen LogP contribution in [-0.2, 0) is 0 Å². The number of ether oxygens (including phenoxy) is 1. The SMILES string of the molecule is Cc1cc(-c2ccc(OC3CCC(C)CC3)nc2)ncc1-c1nc2cc3c[nH][nH]c3cc2n1. The van der Waals surface area contributed by atoms with Gasteiger partial charge in [0, 0.05) is 41.2 Å². The highest BCUT2D eigenvalue weighted by atomic mass is 16.5. The molecule has 4 aromatic heterocycles. The van der Waals surface area contributed by atoms with Gasteiger partial charge in [-0.1, -0.05) is 6.92 Å². The quantitative estimate of drug-likeness (QED) is 0.368. The number of imidazole rings is 1. The van der Waals surface area contributed by atoms with E-state index in [-0.39, 0.29) is 6.10 Å². The third-order valence-electron chi connectivity index (χ3n) is 6.67. The molecular weight excluding hydrogens is 412 g/mol.